The Morgan fingerprint density at radius 1 is 1.28 bits per heavy atom. The van der Waals surface area contributed by atoms with Crippen LogP contribution in [0.5, 0.6) is 5.75 Å². The number of aromatic nitrogens is 1. The number of thiocarbonyl (C=S) groups is 1. The first-order valence-corrected chi connectivity index (χ1v) is 8.80. The highest BCUT2D eigenvalue weighted by Gasteiger charge is 2.23. The molecule has 5 nitrogen and oxygen atoms in total. The first kappa shape index (κ1) is 17.4. The van der Waals surface area contributed by atoms with Crippen LogP contribution in [0.4, 0.5) is 0 Å². The number of benzene rings is 1. The molecule has 0 aliphatic carbocycles. The molecule has 128 valence electrons. The third kappa shape index (κ3) is 3.67. The fourth-order valence-electron chi connectivity index (χ4n) is 2.72. The third-order valence-electron chi connectivity index (χ3n) is 3.76. The molecule has 3 rings (SSSR count). The maximum absolute atomic E-state index is 11.9. The van der Waals surface area contributed by atoms with Gasteiger partial charge in [0, 0.05) is 24.0 Å². The molecule has 0 bridgehead atoms. The van der Waals surface area contributed by atoms with E-state index in [0.717, 1.165) is 22.6 Å². The molecular formula is C18H16N2O3S2. The van der Waals surface area contributed by atoms with Crippen molar-refractivity contribution in [1.29, 1.82) is 0 Å². The van der Waals surface area contributed by atoms with Gasteiger partial charge in [-0.2, -0.15) is 0 Å². The molecule has 1 aliphatic rings. The zero-order chi connectivity index (χ0) is 18.1. The summed E-state index contributed by atoms with van der Waals surface area (Å²) in [7, 11) is 0. The van der Waals surface area contributed by atoms with Crippen LogP contribution in [-0.2, 0) is 9.59 Å². The summed E-state index contributed by atoms with van der Waals surface area (Å²) in [6, 6.07) is 9.32. The number of rotatable bonds is 3. The Kier molecular flexibility index (Phi) is 4.78. The Morgan fingerprint density at radius 3 is 2.52 bits per heavy atom. The Hall–Kier alpha value is -2.38. The first-order valence-electron chi connectivity index (χ1n) is 7.58. The molecule has 1 N–H and O–H groups in total. The van der Waals surface area contributed by atoms with Gasteiger partial charge in [-0.1, -0.05) is 24.0 Å². The van der Waals surface area contributed by atoms with Crippen LogP contribution < -0.4 is 10.1 Å². The van der Waals surface area contributed by atoms with Gasteiger partial charge in [0.25, 0.3) is 5.91 Å². The molecule has 0 atom stereocenters. The van der Waals surface area contributed by atoms with Crippen molar-refractivity contribution in [2.75, 3.05) is 0 Å². The van der Waals surface area contributed by atoms with Crippen LogP contribution in [0.15, 0.2) is 35.2 Å². The predicted octanol–water partition coefficient (Wildman–Crippen LogP) is 3.51. The lowest BCUT2D eigenvalue weighted by Crippen LogP contribution is -2.17. The lowest BCUT2D eigenvalue weighted by Gasteiger charge is -2.10. The monoisotopic (exact) mass is 372 g/mol. The van der Waals surface area contributed by atoms with Crippen LogP contribution in [0.25, 0.3) is 11.8 Å². The van der Waals surface area contributed by atoms with Crippen LogP contribution in [0.3, 0.4) is 0 Å². The minimum Gasteiger partial charge on any atom is -0.427 e. The molecule has 1 aromatic heterocycles. The topological polar surface area (TPSA) is 60.3 Å². The van der Waals surface area contributed by atoms with Crippen LogP contribution in [0.1, 0.15) is 23.9 Å². The number of carbonyl (C=O) groups excluding carboxylic acids is 2. The smallest absolute Gasteiger partial charge is 0.308 e. The quantitative estimate of drug-likeness (QED) is 0.387. The highest BCUT2D eigenvalue weighted by Crippen LogP contribution is 2.29. The molecule has 1 amide bonds. The fourth-order valence-corrected chi connectivity index (χ4v) is 3.76. The number of hydrogen-bond donors (Lipinski definition) is 1. The van der Waals surface area contributed by atoms with E-state index in [0.29, 0.717) is 15.0 Å². The summed E-state index contributed by atoms with van der Waals surface area (Å²) >= 11 is 6.29. The van der Waals surface area contributed by atoms with Crippen LogP contribution >= 0.6 is 24.0 Å². The van der Waals surface area contributed by atoms with E-state index in [1.54, 1.807) is 12.1 Å². The zero-order valence-corrected chi connectivity index (χ0v) is 15.6. The minimum absolute atomic E-state index is 0.162. The van der Waals surface area contributed by atoms with Crippen LogP contribution in [0.2, 0.25) is 0 Å². The van der Waals surface area contributed by atoms with Crippen molar-refractivity contribution in [2.45, 2.75) is 20.8 Å². The molecular weight excluding hydrogens is 356 g/mol. The van der Waals surface area contributed by atoms with Gasteiger partial charge in [0.05, 0.1) is 4.91 Å². The molecule has 1 aliphatic heterocycles. The number of esters is 1. The number of carbonyl (C=O) groups is 2. The average Bonchev–Trinajstić information content (AvgIpc) is 2.99. The van der Waals surface area contributed by atoms with Gasteiger partial charge >= 0.3 is 5.97 Å². The summed E-state index contributed by atoms with van der Waals surface area (Å²) in [5, 5.41) is 2.62. The molecule has 0 saturated carbocycles. The zero-order valence-electron chi connectivity index (χ0n) is 14.0. The predicted molar refractivity (Wildman–Crippen MR) is 103 cm³/mol. The molecule has 0 radical (unpaired) electrons. The van der Waals surface area contributed by atoms with Crippen molar-refractivity contribution in [2.24, 2.45) is 0 Å². The minimum atomic E-state index is -0.347. The lowest BCUT2D eigenvalue weighted by molar-refractivity contribution is -0.131. The van der Waals surface area contributed by atoms with Crippen molar-refractivity contribution < 1.29 is 14.3 Å². The number of aryl methyl sites for hydroxylation is 1. The second-order valence-corrected chi connectivity index (χ2v) is 7.32. The molecule has 25 heavy (non-hydrogen) atoms. The lowest BCUT2D eigenvalue weighted by atomic mass is 10.2. The normalized spacial score (nSPS) is 15.6. The van der Waals surface area contributed by atoms with Gasteiger partial charge in [0.2, 0.25) is 0 Å². The van der Waals surface area contributed by atoms with Gasteiger partial charge in [-0.05, 0) is 55.8 Å². The number of amides is 1. The first-order chi connectivity index (χ1) is 11.8. The number of ether oxygens (including phenoxy) is 1. The van der Waals surface area contributed by atoms with Crippen molar-refractivity contribution in [1.82, 2.24) is 9.88 Å². The third-order valence-corrected chi connectivity index (χ3v) is 4.92. The van der Waals surface area contributed by atoms with Crippen LogP contribution in [0, 0.1) is 13.8 Å². The second-order valence-electron chi connectivity index (χ2n) is 5.60. The maximum Gasteiger partial charge on any atom is 0.308 e. The molecule has 7 heteroatoms. The standard InChI is InChI=1S/C18H16N2O3S2/c1-10-8-13(9-16-17(22)19-18(24)25-16)11(2)20(10)14-4-6-15(7-5-14)23-12(3)21/h4-9H,1-3H3,(H,19,22,24)/b16-9-. The summed E-state index contributed by atoms with van der Waals surface area (Å²) in [6.07, 6.45) is 1.85. The summed E-state index contributed by atoms with van der Waals surface area (Å²) in [4.78, 5) is 23.5. The SMILES string of the molecule is CC(=O)Oc1ccc(-n2c(C)cc(/C=C3\SC(=S)NC3=O)c2C)cc1. The van der Waals surface area contributed by atoms with E-state index in [-0.39, 0.29) is 11.9 Å². The molecule has 1 saturated heterocycles. The van der Waals surface area contributed by atoms with Gasteiger partial charge in [-0.3, -0.25) is 9.59 Å². The van der Waals surface area contributed by atoms with E-state index in [4.69, 9.17) is 17.0 Å². The second kappa shape index (κ2) is 6.85. The summed E-state index contributed by atoms with van der Waals surface area (Å²) in [5.41, 5.74) is 3.96. The molecule has 0 spiro atoms. The van der Waals surface area contributed by atoms with E-state index < -0.39 is 0 Å². The molecule has 2 aromatic rings. The molecule has 0 unspecified atom stereocenters. The van der Waals surface area contributed by atoms with Crippen molar-refractivity contribution in [3.8, 4) is 11.4 Å². The maximum atomic E-state index is 11.9. The highest BCUT2D eigenvalue weighted by molar-refractivity contribution is 8.26. The van der Waals surface area contributed by atoms with E-state index in [9.17, 15) is 9.59 Å². The Labute approximate surface area is 155 Å². The van der Waals surface area contributed by atoms with Crippen LogP contribution in [-0.4, -0.2) is 20.8 Å². The van der Waals surface area contributed by atoms with Gasteiger partial charge in [0.15, 0.2) is 0 Å². The van der Waals surface area contributed by atoms with Crippen molar-refractivity contribution in [3.63, 3.8) is 0 Å². The van der Waals surface area contributed by atoms with Gasteiger partial charge < -0.3 is 14.6 Å². The highest BCUT2D eigenvalue weighted by atomic mass is 32.2. The van der Waals surface area contributed by atoms with Crippen molar-refractivity contribution >= 4 is 46.3 Å². The van der Waals surface area contributed by atoms with E-state index in [2.05, 4.69) is 9.88 Å². The number of hydrogen-bond acceptors (Lipinski definition) is 5. The van der Waals surface area contributed by atoms with Crippen molar-refractivity contribution in [3.05, 3.63) is 52.2 Å². The van der Waals surface area contributed by atoms with E-state index >= 15 is 0 Å². The van der Waals surface area contributed by atoms with Gasteiger partial charge in [-0.15, -0.1) is 0 Å². The van der Waals surface area contributed by atoms with Gasteiger partial charge in [-0.25, -0.2) is 0 Å². The Bertz CT molecular complexity index is 911. The summed E-state index contributed by atoms with van der Waals surface area (Å²) in [5.74, 6) is -0.000582. The summed E-state index contributed by atoms with van der Waals surface area (Å²) in [6.45, 7) is 5.37. The fraction of sp³-hybridized carbons (Fsp3) is 0.167. The molecule has 1 aromatic carbocycles. The Balaban J connectivity index is 1.95. The molecule has 1 fully saturated rings. The largest absolute Gasteiger partial charge is 0.427 e. The summed E-state index contributed by atoms with van der Waals surface area (Å²) < 4.78 is 7.63. The number of nitrogens with zero attached hydrogens (tertiary/aromatic N) is 1. The van der Waals surface area contributed by atoms with E-state index in [1.165, 1.54) is 18.7 Å². The Morgan fingerprint density at radius 2 is 1.96 bits per heavy atom. The average molecular weight is 372 g/mol. The van der Waals surface area contributed by atoms with Gasteiger partial charge in [0.1, 0.15) is 10.1 Å². The van der Waals surface area contributed by atoms with E-state index in [1.807, 2.05) is 38.1 Å². The number of thioether (sulfide) groups is 1. The number of nitrogens with one attached hydrogen (secondary N) is 1. The molecule has 2 heterocycles.